The second-order valence-corrected chi connectivity index (χ2v) is 5.04. The highest BCUT2D eigenvalue weighted by Crippen LogP contribution is 2.36. The molecule has 0 bridgehead atoms. The van der Waals surface area contributed by atoms with Crippen molar-refractivity contribution in [2.75, 3.05) is 21.0 Å². The van der Waals surface area contributed by atoms with Crippen molar-refractivity contribution in [2.45, 2.75) is 0 Å². The summed E-state index contributed by atoms with van der Waals surface area (Å²) in [6.45, 7) is 0.142. The Hall–Kier alpha value is -3.42. The first-order chi connectivity index (χ1) is 12.1. The number of aromatic hydroxyl groups is 1. The molecule has 1 amide bonds. The van der Waals surface area contributed by atoms with E-state index in [9.17, 15) is 9.90 Å². The Bertz CT molecular complexity index is 809. The van der Waals surface area contributed by atoms with Crippen molar-refractivity contribution in [1.29, 1.82) is 0 Å². The van der Waals surface area contributed by atoms with Gasteiger partial charge in [-0.25, -0.2) is 5.43 Å². The second-order valence-electron chi connectivity index (χ2n) is 5.04. The number of hydrogen-bond donors (Lipinski definition) is 2. The number of hydrazone groups is 1. The fourth-order valence-electron chi connectivity index (χ4n) is 2.26. The Morgan fingerprint density at radius 2 is 1.84 bits per heavy atom. The Kier molecular flexibility index (Phi) is 4.60. The molecule has 0 atom stereocenters. The topological polar surface area (TPSA) is 98.6 Å². The van der Waals surface area contributed by atoms with E-state index in [1.54, 1.807) is 30.3 Å². The van der Waals surface area contributed by atoms with Gasteiger partial charge in [0.15, 0.2) is 23.0 Å². The van der Waals surface area contributed by atoms with Crippen LogP contribution in [0.3, 0.4) is 0 Å². The zero-order valence-corrected chi connectivity index (χ0v) is 13.6. The fourth-order valence-corrected chi connectivity index (χ4v) is 2.26. The molecule has 0 radical (unpaired) electrons. The summed E-state index contributed by atoms with van der Waals surface area (Å²) in [5, 5.41) is 13.8. The summed E-state index contributed by atoms with van der Waals surface area (Å²) in [7, 11) is 2.85. The minimum absolute atomic E-state index is 0.105. The van der Waals surface area contributed by atoms with Crippen LogP contribution >= 0.6 is 0 Å². The maximum Gasteiger partial charge on any atom is 0.271 e. The van der Waals surface area contributed by atoms with Crippen molar-refractivity contribution in [2.24, 2.45) is 5.10 Å². The number of carbonyl (C=O) groups is 1. The number of hydrogen-bond acceptors (Lipinski definition) is 7. The smallest absolute Gasteiger partial charge is 0.271 e. The molecule has 2 N–H and O–H groups in total. The van der Waals surface area contributed by atoms with E-state index in [1.165, 1.54) is 20.4 Å². The van der Waals surface area contributed by atoms with Gasteiger partial charge in [-0.2, -0.15) is 5.10 Å². The van der Waals surface area contributed by atoms with Crippen molar-refractivity contribution in [3.05, 3.63) is 41.5 Å². The third-order valence-electron chi connectivity index (χ3n) is 3.52. The lowest BCUT2D eigenvalue weighted by atomic mass is 10.2. The normalized spacial score (nSPS) is 12.2. The number of fused-ring (bicyclic) bond motifs is 1. The summed E-state index contributed by atoms with van der Waals surface area (Å²) in [6, 6.07) is 7.99. The van der Waals surface area contributed by atoms with Gasteiger partial charge in [0.2, 0.25) is 12.5 Å². The molecule has 25 heavy (non-hydrogen) atoms. The quantitative estimate of drug-likeness (QED) is 0.635. The van der Waals surface area contributed by atoms with Gasteiger partial charge in [-0.1, -0.05) is 0 Å². The largest absolute Gasteiger partial charge is 0.502 e. The van der Waals surface area contributed by atoms with Crippen LogP contribution in [0.1, 0.15) is 15.9 Å². The summed E-state index contributed by atoms with van der Waals surface area (Å²) < 4.78 is 20.6. The predicted octanol–water partition coefficient (Wildman–Crippen LogP) is 1.90. The van der Waals surface area contributed by atoms with E-state index < -0.39 is 5.91 Å². The molecule has 0 aliphatic carbocycles. The van der Waals surface area contributed by atoms with E-state index in [2.05, 4.69) is 10.5 Å². The lowest BCUT2D eigenvalue weighted by Gasteiger charge is -2.09. The van der Waals surface area contributed by atoms with Crippen LogP contribution in [-0.2, 0) is 0 Å². The number of methoxy groups -OCH3 is 2. The van der Waals surface area contributed by atoms with Gasteiger partial charge in [0, 0.05) is 11.1 Å². The molecule has 3 rings (SSSR count). The number of phenols is 1. The molecular formula is C17H16N2O6. The first kappa shape index (κ1) is 16.4. The molecule has 2 aromatic carbocycles. The van der Waals surface area contributed by atoms with Gasteiger partial charge in [-0.05, 0) is 30.3 Å². The first-order valence-electron chi connectivity index (χ1n) is 7.30. The molecule has 130 valence electrons. The summed E-state index contributed by atoms with van der Waals surface area (Å²) in [4.78, 5) is 12.1. The molecule has 0 spiro atoms. The summed E-state index contributed by atoms with van der Waals surface area (Å²) in [6.07, 6.45) is 1.41. The van der Waals surface area contributed by atoms with Crippen LogP contribution < -0.4 is 24.4 Å². The average Bonchev–Trinajstić information content (AvgIpc) is 3.10. The number of carbonyl (C=O) groups excluding carboxylic acids is 1. The van der Waals surface area contributed by atoms with E-state index in [0.29, 0.717) is 22.6 Å². The van der Waals surface area contributed by atoms with Crippen LogP contribution in [0.5, 0.6) is 28.7 Å². The molecule has 8 heteroatoms. The molecule has 0 saturated heterocycles. The highest BCUT2D eigenvalue weighted by atomic mass is 16.7. The Balaban J connectivity index is 1.71. The van der Waals surface area contributed by atoms with Gasteiger partial charge in [-0.3, -0.25) is 4.79 Å². The van der Waals surface area contributed by atoms with Gasteiger partial charge >= 0.3 is 0 Å². The minimum atomic E-state index is -0.396. The number of ether oxygens (including phenoxy) is 4. The van der Waals surface area contributed by atoms with Crippen molar-refractivity contribution >= 4 is 12.1 Å². The predicted molar refractivity (Wildman–Crippen MR) is 88.8 cm³/mol. The average molecular weight is 344 g/mol. The van der Waals surface area contributed by atoms with Gasteiger partial charge in [0.25, 0.3) is 5.91 Å². The van der Waals surface area contributed by atoms with E-state index >= 15 is 0 Å². The fraction of sp³-hybridized carbons (Fsp3) is 0.176. The van der Waals surface area contributed by atoms with E-state index in [-0.39, 0.29) is 24.0 Å². The monoisotopic (exact) mass is 344 g/mol. The number of amides is 1. The Labute approximate surface area is 143 Å². The Morgan fingerprint density at radius 1 is 1.16 bits per heavy atom. The number of benzene rings is 2. The highest BCUT2D eigenvalue weighted by Gasteiger charge is 2.16. The summed E-state index contributed by atoms with van der Waals surface area (Å²) in [5.74, 6) is 1.09. The first-order valence-corrected chi connectivity index (χ1v) is 7.30. The molecule has 1 aliphatic rings. The molecule has 0 fully saturated rings. The zero-order chi connectivity index (χ0) is 17.8. The van der Waals surface area contributed by atoms with Crippen LogP contribution in [0, 0.1) is 0 Å². The summed E-state index contributed by atoms with van der Waals surface area (Å²) >= 11 is 0. The molecule has 8 nitrogen and oxygen atoms in total. The number of rotatable bonds is 5. The van der Waals surface area contributed by atoms with Crippen LogP contribution in [-0.4, -0.2) is 38.2 Å². The minimum Gasteiger partial charge on any atom is -0.502 e. The molecule has 1 heterocycles. The van der Waals surface area contributed by atoms with Crippen molar-refractivity contribution in [3.8, 4) is 28.7 Å². The Morgan fingerprint density at radius 3 is 2.52 bits per heavy atom. The lowest BCUT2D eigenvalue weighted by Crippen LogP contribution is -2.17. The van der Waals surface area contributed by atoms with Crippen LogP contribution in [0.25, 0.3) is 0 Å². The zero-order valence-electron chi connectivity index (χ0n) is 13.6. The molecule has 2 aromatic rings. The third kappa shape index (κ3) is 3.42. The van der Waals surface area contributed by atoms with Crippen LogP contribution in [0.2, 0.25) is 0 Å². The van der Waals surface area contributed by atoms with Crippen LogP contribution in [0.15, 0.2) is 35.4 Å². The van der Waals surface area contributed by atoms with Crippen molar-refractivity contribution < 1.29 is 28.8 Å². The SMILES string of the molecule is COc1cc(/C=N/NC(=O)c2ccc3c(c2)OCO3)cc(OC)c1O. The number of phenolic OH excluding ortho intramolecular Hbond substituents is 1. The van der Waals surface area contributed by atoms with E-state index in [4.69, 9.17) is 18.9 Å². The van der Waals surface area contributed by atoms with Crippen LogP contribution in [0.4, 0.5) is 0 Å². The molecule has 0 saturated carbocycles. The second kappa shape index (κ2) is 7.00. The maximum absolute atomic E-state index is 12.1. The van der Waals surface area contributed by atoms with Gasteiger partial charge in [-0.15, -0.1) is 0 Å². The van der Waals surface area contributed by atoms with Gasteiger partial charge in [0.1, 0.15) is 0 Å². The third-order valence-corrected chi connectivity index (χ3v) is 3.52. The van der Waals surface area contributed by atoms with Crippen molar-refractivity contribution in [3.63, 3.8) is 0 Å². The van der Waals surface area contributed by atoms with Gasteiger partial charge < -0.3 is 24.1 Å². The standard InChI is InChI=1S/C17H16N2O6/c1-22-14-5-10(6-15(23-2)16(14)20)8-18-19-17(21)11-3-4-12-13(7-11)25-9-24-12/h3-8,20H,9H2,1-2H3,(H,19,21)/b18-8+. The molecule has 0 aromatic heterocycles. The molecule has 1 aliphatic heterocycles. The van der Waals surface area contributed by atoms with E-state index in [0.717, 1.165) is 0 Å². The van der Waals surface area contributed by atoms with Gasteiger partial charge in [0.05, 0.1) is 20.4 Å². The molecular weight excluding hydrogens is 328 g/mol. The highest BCUT2D eigenvalue weighted by molar-refractivity contribution is 5.95. The summed E-state index contributed by atoms with van der Waals surface area (Å²) in [5.41, 5.74) is 3.39. The molecule has 0 unspecified atom stereocenters. The number of nitrogens with one attached hydrogen (secondary N) is 1. The van der Waals surface area contributed by atoms with Crippen molar-refractivity contribution in [1.82, 2.24) is 5.43 Å². The van der Waals surface area contributed by atoms with E-state index in [1.807, 2.05) is 0 Å². The lowest BCUT2D eigenvalue weighted by molar-refractivity contribution is 0.0954. The maximum atomic E-state index is 12.1. The number of nitrogens with zero attached hydrogens (tertiary/aromatic N) is 1.